The van der Waals surface area contributed by atoms with Crippen LogP contribution in [0, 0.1) is 0 Å². The Balaban J connectivity index is 1.27. The molecule has 12 heteroatoms. The molecule has 3 aliphatic rings. The number of carbonyl (C=O) groups is 3. The number of halogens is 3. The van der Waals surface area contributed by atoms with Gasteiger partial charge in [0.1, 0.15) is 23.1 Å². The molecule has 9 nitrogen and oxygen atoms in total. The van der Waals surface area contributed by atoms with Gasteiger partial charge >= 0.3 is 6.18 Å². The van der Waals surface area contributed by atoms with Crippen LogP contribution in [0.1, 0.15) is 92.6 Å². The van der Waals surface area contributed by atoms with E-state index in [2.05, 4.69) is 10.6 Å². The Hall–Kier alpha value is -3.64. The summed E-state index contributed by atoms with van der Waals surface area (Å²) in [4.78, 5) is 43.1. The zero-order chi connectivity index (χ0) is 33.8. The normalized spacial score (nSPS) is 21.4. The van der Waals surface area contributed by atoms with E-state index in [9.17, 15) is 32.7 Å². The molecule has 2 aromatic rings. The third kappa shape index (κ3) is 7.75. The standard InChI is InChI=1S/C35H45F3N4O5/c1-3-4-18-42-31(44)28(22-33(46)14-6-5-7-15-33)40-32(45)34(42)16-19-41(20-17-34)23-24-8-13-29(27(21-24)35(36,37)38)47-26-11-9-25(10-12-26)30(43)39-2/h8-13,21,28,46H,3-7,14-20,22-23H2,1-2H3,(H,39,43)(H,40,45)/t28-/m1/s1. The lowest BCUT2D eigenvalue weighted by atomic mass is 9.77. The summed E-state index contributed by atoms with van der Waals surface area (Å²) in [6.07, 6.45) is 1.98. The number of carbonyl (C=O) groups excluding carboxylic acids is 3. The molecule has 1 saturated carbocycles. The van der Waals surface area contributed by atoms with Crippen molar-refractivity contribution in [2.45, 2.75) is 101 Å². The van der Waals surface area contributed by atoms with E-state index in [0.29, 0.717) is 56.4 Å². The molecule has 3 fully saturated rings. The quantitative estimate of drug-likeness (QED) is 0.315. The second-order valence-electron chi connectivity index (χ2n) is 13.2. The van der Waals surface area contributed by atoms with Gasteiger partial charge < -0.3 is 25.4 Å². The molecule has 2 heterocycles. The maximum atomic E-state index is 14.1. The van der Waals surface area contributed by atoms with Crippen LogP contribution in [0.25, 0.3) is 0 Å². The summed E-state index contributed by atoms with van der Waals surface area (Å²) in [7, 11) is 1.49. The highest BCUT2D eigenvalue weighted by Gasteiger charge is 2.54. The maximum Gasteiger partial charge on any atom is 0.419 e. The highest BCUT2D eigenvalue weighted by atomic mass is 19.4. The number of benzene rings is 2. The third-order valence-corrected chi connectivity index (χ3v) is 9.92. The molecular formula is C35H45F3N4O5. The lowest BCUT2D eigenvalue weighted by Crippen LogP contribution is -2.73. The van der Waals surface area contributed by atoms with Crippen LogP contribution < -0.4 is 15.4 Å². The summed E-state index contributed by atoms with van der Waals surface area (Å²) in [5, 5.41) is 16.6. The van der Waals surface area contributed by atoms with Crippen molar-refractivity contribution in [2.24, 2.45) is 0 Å². The number of hydrogen-bond acceptors (Lipinski definition) is 6. The first-order chi connectivity index (χ1) is 22.4. The Morgan fingerprint density at radius 1 is 1.04 bits per heavy atom. The number of nitrogens with zero attached hydrogens (tertiary/aromatic N) is 2. The van der Waals surface area contributed by atoms with Gasteiger partial charge in [0.2, 0.25) is 11.8 Å². The van der Waals surface area contributed by atoms with Gasteiger partial charge in [-0.2, -0.15) is 13.2 Å². The number of hydrogen-bond donors (Lipinski definition) is 3. The molecule has 0 aromatic heterocycles. The van der Waals surface area contributed by atoms with Crippen molar-refractivity contribution < 1.29 is 37.4 Å². The van der Waals surface area contributed by atoms with E-state index >= 15 is 0 Å². The number of ether oxygens (including phenoxy) is 1. The molecule has 47 heavy (non-hydrogen) atoms. The Morgan fingerprint density at radius 3 is 2.34 bits per heavy atom. The fraction of sp³-hybridized carbons (Fsp3) is 0.571. The third-order valence-electron chi connectivity index (χ3n) is 9.92. The van der Waals surface area contributed by atoms with E-state index in [0.717, 1.165) is 38.2 Å². The molecule has 3 amide bonds. The minimum atomic E-state index is -4.67. The lowest BCUT2D eigenvalue weighted by Gasteiger charge is -2.52. The second-order valence-corrected chi connectivity index (χ2v) is 13.2. The molecule has 2 aliphatic heterocycles. The smallest absolute Gasteiger partial charge is 0.419 e. The Labute approximate surface area is 273 Å². The first kappa shape index (κ1) is 34.7. The van der Waals surface area contributed by atoms with Crippen LogP contribution in [-0.2, 0) is 22.3 Å². The van der Waals surface area contributed by atoms with Crippen molar-refractivity contribution >= 4 is 17.7 Å². The number of nitrogens with one attached hydrogen (secondary N) is 2. The zero-order valence-electron chi connectivity index (χ0n) is 27.1. The van der Waals surface area contributed by atoms with Gasteiger partial charge in [-0.3, -0.25) is 19.3 Å². The molecule has 1 spiro atoms. The van der Waals surface area contributed by atoms with Crippen molar-refractivity contribution in [1.82, 2.24) is 20.4 Å². The van der Waals surface area contributed by atoms with Gasteiger partial charge in [-0.25, -0.2) is 0 Å². The van der Waals surface area contributed by atoms with Crippen molar-refractivity contribution in [2.75, 3.05) is 26.7 Å². The maximum absolute atomic E-state index is 14.1. The van der Waals surface area contributed by atoms with Crippen molar-refractivity contribution in [3.63, 3.8) is 0 Å². The molecule has 1 atom stereocenters. The minimum absolute atomic E-state index is 0.154. The zero-order valence-corrected chi connectivity index (χ0v) is 27.1. The molecule has 256 valence electrons. The number of aliphatic hydroxyl groups is 1. The van der Waals surface area contributed by atoms with Crippen molar-refractivity contribution in [3.8, 4) is 11.5 Å². The average molecular weight is 659 g/mol. The number of piperidine rings is 1. The molecule has 0 bridgehead atoms. The number of unbranched alkanes of at least 4 members (excludes halogenated alkanes) is 1. The Morgan fingerprint density at radius 2 is 1.72 bits per heavy atom. The van der Waals surface area contributed by atoms with E-state index in [1.54, 1.807) is 11.0 Å². The summed E-state index contributed by atoms with van der Waals surface area (Å²) in [5.41, 5.74) is -2.08. The van der Waals surface area contributed by atoms with E-state index in [1.165, 1.54) is 37.4 Å². The van der Waals surface area contributed by atoms with Crippen LogP contribution in [0.5, 0.6) is 11.5 Å². The molecule has 3 N–H and O–H groups in total. The number of alkyl halides is 3. The lowest BCUT2D eigenvalue weighted by molar-refractivity contribution is -0.163. The fourth-order valence-electron chi connectivity index (χ4n) is 7.22. The summed E-state index contributed by atoms with van der Waals surface area (Å²) in [5.74, 6) is -0.854. The summed E-state index contributed by atoms with van der Waals surface area (Å²) < 4.78 is 48.0. The fourth-order valence-corrected chi connectivity index (χ4v) is 7.22. The summed E-state index contributed by atoms with van der Waals surface area (Å²) in [6.45, 7) is 3.56. The van der Waals surface area contributed by atoms with Gasteiger partial charge in [-0.05, 0) is 74.1 Å². The Bertz CT molecular complexity index is 1430. The second kappa shape index (κ2) is 14.2. The first-order valence-electron chi connectivity index (χ1n) is 16.6. The predicted octanol–water partition coefficient (Wildman–Crippen LogP) is 5.40. The highest BCUT2D eigenvalue weighted by Crippen LogP contribution is 2.40. The van der Waals surface area contributed by atoms with E-state index in [-0.39, 0.29) is 42.2 Å². The van der Waals surface area contributed by atoms with Crippen LogP contribution in [0.2, 0.25) is 0 Å². The van der Waals surface area contributed by atoms with Crippen LogP contribution >= 0.6 is 0 Å². The van der Waals surface area contributed by atoms with Gasteiger partial charge in [0, 0.05) is 45.2 Å². The number of likely N-dealkylation sites (tertiary alicyclic amines) is 1. The van der Waals surface area contributed by atoms with E-state index in [4.69, 9.17) is 4.74 Å². The van der Waals surface area contributed by atoms with Gasteiger partial charge in [0.05, 0.1) is 11.2 Å². The van der Waals surface area contributed by atoms with E-state index in [1.807, 2.05) is 11.8 Å². The van der Waals surface area contributed by atoms with Crippen LogP contribution in [0.3, 0.4) is 0 Å². The number of rotatable bonds is 10. The molecule has 0 radical (unpaired) electrons. The van der Waals surface area contributed by atoms with Crippen LogP contribution in [-0.4, -0.2) is 76.5 Å². The van der Waals surface area contributed by atoms with Gasteiger partial charge in [-0.15, -0.1) is 0 Å². The summed E-state index contributed by atoms with van der Waals surface area (Å²) >= 11 is 0. The highest BCUT2D eigenvalue weighted by molar-refractivity contribution is 6.00. The topological polar surface area (TPSA) is 111 Å². The largest absolute Gasteiger partial charge is 0.457 e. The molecule has 2 aromatic carbocycles. The van der Waals surface area contributed by atoms with Gasteiger partial charge in [-0.1, -0.05) is 38.7 Å². The average Bonchev–Trinajstić information content (AvgIpc) is 3.05. The molecule has 0 unspecified atom stereocenters. The van der Waals surface area contributed by atoms with Gasteiger partial charge in [0.15, 0.2) is 0 Å². The number of amides is 3. The van der Waals surface area contributed by atoms with Crippen molar-refractivity contribution in [3.05, 3.63) is 59.2 Å². The monoisotopic (exact) mass is 658 g/mol. The molecule has 1 aliphatic carbocycles. The molecule has 5 rings (SSSR count). The van der Waals surface area contributed by atoms with Gasteiger partial charge in [0.25, 0.3) is 5.91 Å². The van der Waals surface area contributed by atoms with Crippen LogP contribution in [0.4, 0.5) is 13.2 Å². The Kier molecular flexibility index (Phi) is 10.5. The van der Waals surface area contributed by atoms with E-state index < -0.39 is 28.9 Å². The first-order valence-corrected chi connectivity index (χ1v) is 16.6. The number of piperazine rings is 1. The SMILES string of the molecule is CCCCN1C(=O)[C@@H](CC2(O)CCCCC2)NC(=O)C12CCN(Cc1ccc(Oc3ccc(C(=O)NC)cc3)c(C(F)(F)F)c1)CC2. The molecular weight excluding hydrogens is 613 g/mol. The van der Waals surface area contributed by atoms with Crippen LogP contribution in [0.15, 0.2) is 42.5 Å². The van der Waals surface area contributed by atoms with Crippen molar-refractivity contribution in [1.29, 1.82) is 0 Å². The minimum Gasteiger partial charge on any atom is -0.457 e. The predicted molar refractivity (Wildman–Crippen MR) is 170 cm³/mol. The summed E-state index contributed by atoms with van der Waals surface area (Å²) in [6, 6.07) is 9.06. The molecule has 2 saturated heterocycles.